The summed E-state index contributed by atoms with van der Waals surface area (Å²) in [6, 6.07) is 11.3. The molecule has 0 unspecified atom stereocenters. The Morgan fingerprint density at radius 3 is 2.54 bits per heavy atom. The number of hydrogen-bond donors (Lipinski definition) is 0. The molecule has 0 spiro atoms. The first kappa shape index (κ1) is 19.4. The van der Waals surface area contributed by atoms with E-state index in [4.69, 9.17) is 13.9 Å². The van der Waals surface area contributed by atoms with Crippen molar-refractivity contribution in [1.82, 2.24) is 4.90 Å². The largest absolute Gasteiger partial charge is 0.497 e. The molecule has 6 nitrogen and oxygen atoms in total. The molecule has 3 rings (SSSR count). The molecular weight excluding hydrogens is 365 g/mol. The second-order valence-corrected chi connectivity index (χ2v) is 6.37. The van der Waals surface area contributed by atoms with E-state index in [-0.39, 0.29) is 11.7 Å². The molecule has 0 radical (unpaired) electrons. The summed E-state index contributed by atoms with van der Waals surface area (Å²) >= 11 is 0. The van der Waals surface area contributed by atoms with Crippen LogP contribution in [0.25, 0.3) is 11.0 Å². The maximum Gasteiger partial charge on any atom is 0.375 e. The van der Waals surface area contributed by atoms with Gasteiger partial charge in [0.25, 0.3) is 5.91 Å². The smallest absolute Gasteiger partial charge is 0.375 e. The highest BCUT2D eigenvalue weighted by molar-refractivity contribution is 5.96. The van der Waals surface area contributed by atoms with E-state index in [0.717, 1.165) is 11.3 Å². The lowest BCUT2D eigenvalue weighted by Crippen LogP contribution is -2.30. The second kappa shape index (κ2) is 8.12. The predicted molar refractivity (Wildman–Crippen MR) is 101 cm³/mol. The van der Waals surface area contributed by atoms with Crippen LogP contribution >= 0.6 is 0 Å². The van der Waals surface area contributed by atoms with E-state index in [2.05, 4.69) is 0 Å². The molecule has 1 aromatic heterocycles. The molecule has 0 N–H and O–H groups in total. The van der Waals surface area contributed by atoms with Gasteiger partial charge in [-0.1, -0.05) is 12.1 Å². The lowest BCUT2D eigenvalue weighted by molar-refractivity contribution is -0.133. The number of aryl methyl sites for hydroxylation is 1. The topological polar surface area (TPSA) is 69.0 Å². The maximum atomic E-state index is 13.4. The van der Waals surface area contributed by atoms with Crippen LogP contribution in [0.4, 0.5) is 4.39 Å². The van der Waals surface area contributed by atoms with Crippen molar-refractivity contribution in [3.05, 3.63) is 65.2 Å². The van der Waals surface area contributed by atoms with Crippen LogP contribution in [0.15, 0.2) is 46.9 Å². The highest BCUT2D eigenvalue weighted by Crippen LogP contribution is 2.26. The minimum absolute atomic E-state index is 0.0359. The van der Waals surface area contributed by atoms with E-state index >= 15 is 0 Å². The van der Waals surface area contributed by atoms with Crippen LogP contribution in [0.5, 0.6) is 5.75 Å². The summed E-state index contributed by atoms with van der Waals surface area (Å²) in [5.74, 6) is -0.852. The Hall–Kier alpha value is -3.35. The highest BCUT2D eigenvalue weighted by atomic mass is 19.1. The van der Waals surface area contributed by atoms with Crippen molar-refractivity contribution in [1.29, 1.82) is 0 Å². The third-order valence-corrected chi connectivity index (χ3v) is 4.41. The summed E-state index contributed by atoms with van der Waals surface area (Å²) in [6.45, 7) is 1.58. The van der Waals surface area contributed by atoms with E-state index < -0.39 is 18.4 Å². The number of nitrogens with zero attached hydrogens (tertiary/aromatic N) is 1. The Balaban J connectivity index is 1.60. The predicted octanol–water partition coefficient (Wildman–Crippen LogP) is 3.70. The third kappa shape index (κ3) is 4.14. The summed E-state index contributed by atoms with van der Waals surface area (Å²) in [6.07, 6.45) is 0. The van der Waals surface area contributed by atoms with E-state index in [1.54, 1.807) is 33.2 Å². The van der Waals surface area contributed by atoms with Gasteiger partial charge in [0, 0.05) is 24.5 Å². The van der Waals surface area contributed by atoms with Crippen molar-refractivity contribution < 1.29 is 27.9 Å². The van der Waals surface area contributed by atoms with Gasteiger partial charge >= 0.3 is 5.97 Å². The van der Waals surface area contributed by atoms with Crippen molar-refractivity contribution >= 4 is 22.8 Å². The number of methoxy groups -OCH3 is 1. The minimum Gasteiger partial charge on any atom is -0.497 e. The molecule has 0 aliphatic heterocycles. The van der Waals surface area contributed by atoms with Gasteiger partial charge in [-0.3, -0.25) is 4.79 Å². The number of ether oxygens (including phenoxy) is 2. The summed E-state index contributed by atoms with van der Waals surface area (Å²) in [7, 11) is 3.20. The van der Waals surface area contributed by atoms with Crippen LogP contribution in [0, 0.1) is 12.7 Å². The number of furan rings is 1. The highest BCUT2D eigenvalue weighted by Gasteiger charge is 2.21. The Bertz CT molecular complexity index is 1010. The average Bonchev–Trinajstić information content (AvgIpc) is 3.02. The van der Waals surface area contributed by atoms with Gasteiger partial charge in [-0.2, -0.15) is 0 Å². The van der Waals surface area contributed by atoms with Gasteiger partial charge in [-0.15, -0.1) is 0 Å². The van der Waals surface area contributed by atoms with Crippen molar-refractivity contribution in [2.75, 3.05) is 20.8 Å². The Kier molecular flexibility index (Phi) is 5.63. The molecule has 7 heteroatoms. The zero-order valence-electron chi connectivity index (χ0n) is 15.8. The molecule has 1 heterocycles. The molecule has 3 aromatic rings. The zero-order chi connectivity index (χ0) is 20.3. The SMILES string of the molecule is COc1ccc(CN(C)C(=O)COC(=O)c2oc3ccc(F)cc3c2C)cc1. The Morgan fingerprint density at radius 1 is 1.14 bits per heavy atom. The number of fused-ring (bicyclic) bond motifs is 1. The van der Waals surface area contributed by atoms with Crippen molar-refractivity contribution in [3.8, 4) is 5.75 Å². The molecule has 1 amide bonds. The normalized spacial score (nSPS) is 10.7. The van der Waals surface area contributed by atoms with Gasteiger partial charge in [0.1, 0.15) is 17.1 Å². The first-order valence-corrected chi connectivity index (χ1v) is 8.61. The van der Waals surface area contributed by atoms with Gasteiger partial charge in [0.05, 0.1) is 7.11 Å². The van der Waals surface area contributed by atoms with Crippen molar-refractivity contribution in [2.24, 2.45) is 0 Å². The molecule has 0 bridgehead atoms. The molecule has 0 atom stereocenters. The van der Waals surface area contributed by atoms with E-state index in [1.165, 1.54) is 23.1 Å². The first-order chi connectivity index (χ1) is 13.4. The van der Waals surface area contributed by atoms with Crippen molar-refractivity contribution in [2.45, 2.75) is 13.5 Å². The number of amides is 1. The minimum atomic E-state index is -0.764. The number of halogens is 1. The average molecular weight is 385 g/mol. The standard InChI is InChI=1S/C21H20FNO5/c1-13-17-10-15(22)6-9-18(17)28-20(13)21(25)27-12-19(24)23(2)11-14-4-7-16(26-3)8-5-14/h4-10H,11-12H2,1-3H3. The van der Waals surface area contributed by atoms with Crippen LogP contribution in [0.2, 0.25) is 0 Å². The Labute approximate surface area is 161 Å². The van der Waals surface area contributed by atoms with Crippen molar-refractivity contribution in [3.63, 3.8) is 0 Å². The van der Waals surface area contributed by atoms with E-state index in [9.17, 15) is 14.0 Å². The second-order valence-electron chi connectivity index (χ2n) is 6.37. The lowest BCUT2D eigenvalue weighted by Gasteiger charge is -2.17. The Morgan fingerprint density at radius 2 is 1.86 bits per heavy atom. The molecule has 0 fully saturated rings. The van der Waals surface area contributed by atoms with Gasteiger partial charge in [-0.05, 0) is 42.8 Å². The summed E-state index contributed by atoms with van der Waals surface area (Å²) in [5.41, 5.74) is 1.77. The lowest BCUT2D eigenvalue weighted by atomic mass is 10.1. The number of likely N-dealkylation sites (N-methyl/N-ethyl adjacent to an activating group) is 1. The maximum absolute atomic E-state index is 13.4. The van der Waals surface area contributed by atoms with E-state index in [0.29, 0.717) is 23.1 Å². The third-order valence-electron chi connectivity index (χ3n) is 4.41. The van der Waals surface area contributed by atoms with Gasteiger partial charge in [0.2, 0.25) is 5.76 Å². The van der Waals surface area contributed by atoms with Gasteiger partial charge in [0.15, 0.2) is 6.61 Å². The quantitative estimate of drug-likeness (QED) is 0.605. The molecule has 146 valence electrons. The number of esters is 1. The molecule has 0 saturated carbocycles. The molecule has 2 aromatic carbocycles. The zero-order valence-corrected chi connectivity index (χ0v) is 15.8. The first-order valence-electron chi connectivity index (χ1n) is 8.61. The van der Waals surface area contributed by atoms with Crippen LogP contribution in [0.1, 0.15) is 21.7 Å². The van der Waals surface area contributed by atoms with Gasteiger partial charge in [-0.25, -0.2) is 9.18 Å². The van der Waals surface area contributed by atoms with Crippen LogP contribution in [-0.2, 0) is 16.1 Å². The summed E-state index contributed by atoms with van der Waals surface area (Å²) in [4.78, 5) is 26.0. The van der Waals surface area contributed by atoms with E-state index in [1.807, 2.05) is 12.1 Å². The molecular formula is C21H20FNO5. The summed E-state index contributed by atoms with van der Waals surface area (Å²) in [5, 5.41) is 0.495. The molecule has 0 aliphatic rings. The monoisotopic (exact) mass is 385 g/mol. The molecule has 28 heavy (non-hydrogen) atoms. The number of hydrogen-bond acceptors (Lipinski definition) is 5. The van der Waals surface area contributed by atoms with Crippen LogP contribution in [0.3, 0.4) is 0 Å². The van der Waals surface area contributed by atoms with Crippen LogP contribution < -0.4 is 4.74 Å². The number of carbonyl (C=O) groups is 2. The summed E-state index contributed by atoms with van der Waals surface area (Å²) < 4.78 is 29.0. The molecule has 0 aliphatic carbocycles. The fourth-order valence-corrected chi connectivity index (χ4v) is 2.78. The molecule has 0 saturated heterocycles. The number of benzene rings is 2. The number of rotatable bonds is 6. The van der Waals surface area contributed by atoms with Crippen LogP contribution in [-0.4, -0.2) is 37.5 Å². The fraction of sp³-hybridized carbons (Fsp3) is 0.238. The van der Waals surface area contributed by atoms with Gasteiger partial charge < -0.3 is 18.8 Å². The fourth-order valence-electron chi connectivity index (χ4n) is 2.78. The number of carbonyl (C=O) groups excluding carboxylic acids is 2.